The summed E-state index contributed by atoms with van der Waals surface area (Å²) in [6, 6.07) is 0. The second kappa shape index (κ2) is 8.60. The molecule has 176 valence electrons. The fourth-order valence-electron chi connectivity index (χ4n) is 9.53. The second-order valence-electron chi connectivity index (χ2n) is 13.2. The molecule has 0 saturated heterocycles. The van der Waals surface area contributed by atoms with E-state index in [0.29, 0.717) is 23.7 Å². The Morgan fingerprint density at radius 3 is 2.35 bits per heavy atom. The quantitative estimate of drug-likeness (QED) is 0.411. The molecule has 2 heteroatoms. The molecule has 0 aromatic rings. The summed E-state index contributed by atoms with van der Waals surface area (Å²) in [7, 11) is 0. The van der Waals surface area contributed by atoms with Gasteiger partial charge in [-0.3, -0.25) is 9.59 Å². The Labute approximate surface area is 191 Å². The van der Waals surface area contributed by atoms with E-state index in [0.717, 1.165) is 36.0 Å². The normalized spacial score (nSPS) is 45.7. The summed E-state index contributed by atoms with van der Waals surface area (Å²) in [5.41, 5.74) is 0.663. The van der Waals surface area contributed by atoms with E-state index in [1.807, 2.05) is 0 Å². The molecule has 0 aliphatic heterocycles. The number of ketones is 2. The molecule has 4 rings (SSSR count). The zero-order valence-electron chi connectivity index (χ0n) is 21.2. The molecule has 0 spiro atoms. The fraction of sp³-hybridized carbons (Fsp3) is 0.931. The third-order valence-corrected chi connectivity index (χ3v) is 11.2. The zero-order chi connectivity index (χ0) is 22.6. The van der Waals surface area contributed by atoms with Gasteiger partial charge in [0.15, 0.2) is 0 Å². The van der Waals surface area contributed by atoms with Crippen molar-refractivity contribution in [2.24, 2.45) is 58.2 Å². The van der Waals surface area contributed by atoms with Crippen molar-refractivity contribution in [1.82, 2.24) is 0 Å². The topological polar surface area (TPSA) is 34.1 Å². The van der Waals surface area contributed by atoms with Crippen molar-refractivity contribution < 1.29 is 9.59 Å². The number of Topliss-reactive ketones (excluding diaryl/α,β-unsaturated/α-hetero) is 2. The lowest BCUT2D eigenvalue weighted by Crippen LogP contribution is -2.55. The van der Waals surface area contributed by atoms with Crippen molar-refractivity contribution in [3.8, 4) is 0 Å². The first kappa shape index (κ1) is 23.5. The van der Waals surface area contributed by atoms with Gasteiger partial charge in [0.2, 0.25) is 0 Å². The van der Waals surface area contributed by atoms with Crippen LogP contribution in [0.15, 0.2) is 0 Å². The van der Waals surface area contributed by atoms with E-state index in [1.54, 1.807) is 6.92 Å². The predicted molar refractivity (Wildman–Crippen MR) is 128 cm³/mol. The van der Waals surface area contributed by atoms with Crippen molar-refractivity contribution in [3.63, 3.8) is 0 Å². The maximum absolute atomic E-state index is 12.9. The van der Waals surface area contributed by atoms with Crippen molar-refractivity contribution in [1.29, 1.82) is 0 Å². The summed E-state index contributed by atoms with van der Waals surface area (Å²) in [6.07, 6.45) is 13.8. The van der Waals surface area contributed by atoms with Crippen LogP contribution in [0.4, 0.5) is 0 Å². The van der Waals surface area contributed by atoms with E-state index in [2.05, 4.69) is 34.6 Å². The summed E-state index contributed by atoms with van der Waals surface area (Å²) in [4.78, 5) is 25.0. The zero-order valence-corrected chi connectivity index (χ0v) is 21.2. The Bertz CT molecular complexity index is 695. The van der Waals surface area contributed by atoms with Crippen molar-refractivity contribution in [2.75, 3.05) is 0 Å². The number of rotatable bonds is 6. The Morgan fingerprint density at radius 2 is 1.68 bits per heavy atom. The van der Waals surface area contributed by atoms with E-state index in [4.69, 9.17) is 0 Å². The minimum atomic E-state index is -0.300. The van der Waals surface area contributed by atoms with E-state index in [-0.39, 0.29) is 22.9 Å². The van der Waals surface area contributed by atoms with Crippen LogP contribution < -0.4 is 0 Å². The minimum absolute atomic E-state index is 0.107. The first-order valence-electron chi connectivity index (χ1n) is 13.6. The third kappa shape index (κ3) is 3.97. The highest BCUT2D eigenvalue weighted by Gasteiger charge is 2.61. The molecule has 0 bridgehead atoms. The first-order valence-corrected chi connectivity index (χ1v) is 13.6. The molecule has 4 aliphatic carbocycles. The number of fused-ring (bicyclic) bond motifs is 5. The van der Waals surface area contributed by atoms with Gasteiger partial charge in [-0.25, -0.2) is 0 Å². The lowest BCUT2D eigenvalue weighted by molar-refractivity contribution is -0.153. The standard InChI is InChI=1S/C29H48O2/c1-18(2)8-7-9-19(3)24-12-13-25-22-11-10-21-16-23(20(4)30)27(31)17-29(21,6)26(22)14-15-28(24,25)5/h18-19,21-26H,7-17H2,1-6H3. The van der Waals surface area contributed by atoms with E-state index in [9.17, 15) is 9.59 Å². The molecule has 31 heavy (non-hydrogen) atoms. The summed E-state index contributed by atoms with van der Waals surface area (Å²) in [5, 5.41) is 0. The molecule has 0 amide bonds. The lowest BCUT2D eigenvalue weighted by atomic mass is 9.43. The summed E-state index contributed by atoms with van der Waals surface area (Å²) >= 11 is 0. The van der Waals surface area contributed by atoms with Gasteiger partial charge >= 0.3 is 0 Å². The molecule has 4 fully saturated rings. The average molecular weight is 429 g/mol. The van der Waals surface area contributed by atoms with Crippen LogP contribution in [0, 0.1) is 58.2 Å². The van der Waals surface area contributed by atoms with Crippen LogP contribution in [0.25, 0.3) is 0 Å². The number of hydrogen-bond acceptors (Lipinski definition) is 2. The van der Waals surface area contributed by atoms with Gasteiger partial charge in [-0.1, -0.05) is 53.9 Å². The average Bonchev–Trinajstić information content (AvgIpc) is 3.03. The van der Waals surface area contributed by atoms with Crippen LogP contribution in [0.2, 0.25) is 0 Å². The highest BCUT2D eigenvalue weighted by Crippen LogP contribution is 2.68. The van der Waals surface area contributed by atoms with Gasteiger partial charge in [-0.05, 0) is 104 Å². The van der Waals surface area contributed by atoms with Gasteiger partial charge in [0, 0.05) is 6.42 Å². The van der Waals surface area contributed by atoms with Gasteiger partial charge < -0.3 is 0 Å². The molecule has 0 aromatic carbocycles. The highest BCUT2D eigenvalue weighted by atomic mass is 16.1. The summed E-state index contributed by atoms with van der Waals surface area (Å²) in [5.74, 6) is 5.59. The van der Waals surface area contributed by atoms with Crippen LogP contribution in [-0.4, -0.2) is 11.6 Å². The van der Waals surface area contributed by atoms with Gasteiger partial charge in [0.05, 0.1) is 5.92 Å². The van der Waals surface area contributed by atoms with Gasteiger partial charge in [0.25, 0.3) is 0 Å². The molecule has 0 heterocycles. The Hall–Kier alpha value is -0.660. The molecule has 2 nitrogen and oxygen atoms in total. The molecule has 4 saturated carbocycles. The Balaban J connectivity index is 1.48. The van der Waals surface area contributed by atoms with E-state index < -0.39 is 0 Å². The van der Waals surface area contributed by atoms with Gasteiger partial charge in [-0.15, -0.1) is 0 Å². The van der Waals surface area contributed by atoms with Gasteiger partial charge in [-0.2, -0.15) is 0 Å². The number of carbonyl (C=O) groups excluding carboxylic acids is 2. The maximum Gasteiger partial charge on any atom is 0.143 e. The van der Waals surface area contributed by atoms with Crippen LogP contribution in [0.3, 0.4) is 0 Å². The molecule has 9 unspecified atom stereocenters. The fourth-order valence-corrected chi connectivity index (χ4v) is 9.53. The predicted octanol–water partition coefficient (Wildman–Crippen LogP) is 7.49. The van der Waals surface area contributed by atoms with Crippen LogP contribution in [0.1, 0.15) is 112 Å². The molecule has 0 N–H and O–H groups in total. The number of carbonyl (C=O) groups is 2. The van der Waals surface area contributed by atoms with Crippen LogP contribution in [0.5, 0.6) is 0 Å². The molecule has 0 radical (unpaired) electrons. The Kier molecular flexibility index (Phi) is 6.52. The van der Waals surface area contributed by atoms with Crippen molar-refractivity contribution in [2.45, 2.75) is 112 Å². The molecule has 0 aromatic heterocycles. The number of hydrogen-bond donors (Lipinski definition) is 0. The smallest absolute Gasteiger partial charge is 0.143 e. The first-order chi connectivity index (χ1) is 14.6. The largest absolute Gasteiger partial charge is 0.299 e. The van der Waals surface area contributed by atoms with E-state index >= 15 is 0 Å². The molecule has 4 aliphatic rings. The SMILES string of the molecule is CC(=O)C1CC2CCC3C(CCC4(C)C(C(C)CCCC(C)C)CCC34)C2(C)CC1=O. The summed E-state index contributed by atoms with van der Waals surface area (Å²) in [6.45, 7) is 14.0. The van der Waals surface area contributed by atoms with Gasteiger partial charge in [0.1, 0.15) is 11.6 Å². The second-order valence-corrected chi connectivity index (χ2v) is 13.2. The van der Waals surface area contributed by atoms with E-state index in [1.165, 1.54) is 57.8 Å². The van der Waals surface area contributed by atoms with Crippen LogP contribution in [-0.2, 0) is 9.59 Å². The van der Waals surface area contributed by atoms with Crippen LogP contribution >= 0.6 is 0 Å². The monoisotopic (exact) mass is 428 g/mol. The minimum Gasteiger partial charge on any atom is -0.299 e. The lowest BCUT2D eigenvalue weighted by Gasteiger charge is -2.61. The summed E-state index contributed by atoms with van der Waals surface area (Å²) < 4.78 is 0. The molecule has 9 atom stereocenters. The Morgan fingerprint density at radius 1 is 0.968 bits per heavy atom. The van der Waals surface area contributed by atoms with Crippen molar-refractivity contribution >= 4 is 11.6 Å². The third-order valence-electron chi connectivity index (χ3n) is 11.2. The molecular weight excluding hydrogens is 380 g/mol. The highest BCUT2D eigenvalue weighted by molar-refractivity contribution is 6.02. The maximum atomic E-state index is 12.9. The molecular formula is C29H48O2. The van der Waals surface area contributed by atoms with Crippen molar-refractivity contribution in [3.05, 3.63) is 0 Å².